The van der Waals surface area contributed by atoms with E-state index in [-0.39, 0.29) is 5.95 Å². The molecule has 3 heterocycles. The van der Waals surface area contributed by atoms with E-state index in [1.807, 2.05) is 12.1 Å². The van der Waals surface area contributed by atoms with Gasteiger partial charge >= 0.3 is 0 Å². The summed E-state index contributed by atoms with van der Waals surface area (Å²) >= 11 is 1.74. The lowest BCUT2D eigenvalue weighted by Gasteiger charge is -2.11. The van der Waals surface area contributed by atoms with Crippen molar-refractivity contribution in [1.82, 2.24) is 20.2 Å². The fourth-order valence-electron chi connectivity index (χ4n) is 3.30. The molecular weight excluding hydrogens is 382 g/mol. The Hall–Kier alpha value is -3.65. The second-order valence-corrected chi connectivity index (χ2v) is 8.07. The van der Waals surface area contributed by atoms with Gasteiger partial charge in [0, 0.05) is 41.8 Å². The number of hydrogen-bond acceptors (Lipinski definition) is 7. The van der Waals surface area contributed by atoms with Gasteiger partial charge in [0.15, 0.2) is 0 Å². The fraction of sp³-hybridized carbons (Fsp3) is 0.0952. The van der Waals surface area contributed by atoms with Gasteiger partial charge in [-0.25, -0.2) is 4.98 Å². The maximum absolute atomic E-state index is 5.67. The average molecular weight is 401 g/mol. The molecule has 29 heavy (non-hydrogen) atoms. The van der Waals surface area contributed by atoms with Crippen LogP contribution in [0, 0.1) is 0 Å². The topological polar surface area (TPSA) is 95.8 Å². The van der Waals surface area contributed by atoms with Crippen LogP contribution in [-0.4, -0.2) is 34.3 Å². The van der Waals surface area contributed by atoms with E-state index >= 15 is 0 Å². The highest BCUT2D eigenvalue weighted by Crippen LogP contribution is 2.38. The standard InChI is InChI=1S/C21H19N7S/c1-28(2)14-4-6-17-12(9-14)10-18(29-17)20-15-11-13(3-5-16(15)26-27-20)24-19-7-8-23-21(22)25-19/h3-11H,1-2H3,(H,26,27)(H3,22,23,24,25). The van der Waals surface area contributed by atoms with Gasteiger partial charge < -0.3 is 16.0 Å². The molecule has 8 heteroatoms. The fourth-order valence-corrected chi connectivity index (χ4v) is 4.34. The summed E-state index contributed by atoms with van der Waals surface area (Å²) in [6, 6.07) is 16.6. The van der Waals surface area contributed by atoms with Gasteiger partial charge in [-0.05, 0) is 53.9 Å². The predicted molar refractivity (Wildman–Crippen MR) is 121 cm³/mol. The van der Waals surface area contributed by atoms with Crippen molar-refractivity contribution >= 4 is 55.5 Å². The highest BCUT2D eigenvalue weighted by molar-refractivity contribution is 7.22. The van der Waals surface area contributed by atoms with Gasteiger partial charge in [-0.1, -0.05) is 0 Å². The minimum absolute atomic E-state index is 0.238. The smallest absolute Gasteiger partial charge is 0.221 e. The second-order valence-electron chi connectivity index (χ2n) is 6.98. The average Bonchev–Trinajstić information content (AvgIpc) is 3.30. The lowest BCUT2D eigenvalue weighted by atomic mass is 10.1. The Morgan fingerprint density at radius 2 is 1.97 bits per heavy atom. The number of anilines is 4. The predicted octanol–water partition coefficient (Wildman–Crippen LogP) is 4.63. The molecule has 0 saturated heterocycles. The first-order valence-corrected chi connectivity index (χ1v) is 9.93. The van der Waals surface area contributed by atoms with Crippen molar-refractivity contribution < 1.29 is 0 Å². The minimum atomic E-state index is 0.238. The van der Waals surface area contributed by atoms with E-state index in [9.17, 15) is 0 Å². The lowest BCUT2D eigenvalue weighted by Crippen LogP contribution is -2.07. The summed E-state index contributed by atoms with van der Waals surface area (Å²) in [4.78, 5) is 11.4. The maximum atomic E-state index is 5.67. The monoisotopic (exact) mass is 401 g/mol. The second kappa shape index (κ2) is 6.75. The zero-order chi connectivity index (χ0) is 20.0. The molecule has 0 bridgehead atoms. The summed E-state index contributed by atoms with van der Waals surface area (Å²) in [5.41, 5.74) is 9.70. The minimum Gasteiger partial charge on any atom is -0.378 e. The molecule has 0 radical (unpaired) electrons. The van der Waals surface area contributed by atoms with Crippen LogP contribution in [0.3, 0.4) is 0 Å². The van der Waals surface area contributed by atoms with Crippen molar-refractivity contribution in [2.24, 2.45) is 0 Å². The Labute approximate surface area is 171 Å². The normalized spacial score (nSPS) is 11.2. The van der Waals surface area contributed by atoms with E-state index in [4.69, 9.17) is 5.73 Å². The first kappa shape index (κ1) is 17.4. The molecule has 0 atom stereocenters. The number of nitrogens with two attached hydrogens (primary N) is 1. The molecule has 0 spiro atoms. The molecule has 5 aromatic rings. The zero-order valence-electron chi connectivity index (χ0n) is 16.0. The third-order valence-electron chi connectivity index (χ3n) is 4.76. The summed E-state index contributed by atoms with van der Waals surface area (Å²) < 4.78 is 1.24. The van der Waals surface area contributed by atoms with Crippen molar-refractivity contribution in [2.75, 3.05) is 30.0 Å². The van der Waals surface area contributed by atoms with Crippen LogP contribution < -0.4 is 16.0 Å². The highest BCUT2D eigenvalue weighted by atomic mass is 32.1. The van der Waals surface area contributed by atoms with Gasteiger partial charge in [-0.2, -0.15) is 10.1 Å². The molecule has 0 aliphatic rings. The van der Waals surface area contributed by atoms with Crippen LogP contribution in [0.25, 0.3) is 31.6 Å². The molecule has 0 aliphatic heterocycles. The molecule has 144 valence electrons. The Bertz CT molecular complexity index is 1340. The summed E-state index contributed by atoms with van der Waals surface area (Å²) in [7, 11) is 4.10. The van der Waals surface area contributed by atoms with Gasteiger partial charge in [-0.15, -0.1) is 11.3 Å². The third kappa shape index (κ3) is 3.23. The van der Waals surface area contributed by atoms with E-state index in [1.54, 1.807) is 23.6 Å². The van der Waals surface area contributed by atoms with Crippen LogP contribution in [0.15, 0.2) is 54.7 Å². The first-order valence-electron chi connectivity index (χ1n) is 9.12. The van der Waals surface area contributed by atoms with E-state index < -0.39 is 0 Å². The Morgan fingerprint density at radius 1 is 1.07 bits per heavy atom. The zero-order valence-corrected chi connectivity index (χ0v) is 16.8. The van der Waals surface area contributed by atoms with Crippen LogP contribution in [0.2, 0.25) is 0 Å². The summed E-state index contributed by atoms with van der Waals surface area (Å²) in [5, 5.41) is 13.3. The molecule has 0 fully saturated rings. The molecule has 0 amide bonds. The third-order valence-corrected chi connectivity index (χ3v) is 5.88. The molecule has 4 N–H and O–H groups in total. The Morgan fingerprint density at radius 3 is 2.79 bits per heavy atom. The number of aromatic nitrogens is 4. The summed E-state index contributed by atoms with van der Waals surface area (Å²) in [6.45, 7) is 0. The number of nitrogen functional groups attached to an aromatic ring is 1. The van der Waals surface area contributed by atoms with Crippen LogP contribution in [0.4, 0.5) is 23.1 Å². The van der Waals surface area contributed by atoms with Gasteiger partial charge in [0.1, 0.15) is 11.5 Å². The molecule has 5 rings (SSSR count). The quantitative estimate of drug-likeness (QED) is 0.406. The molecule has 0 aliphatic carbocycles. The van der Waals surface area contributed by atoms with E-state index in [0.717, 1.165) is 27.2 Å². The molecule has 7 nitrogen and oxygen atoms in total. The summed E-state index contributed by atoms with van der Waals surface area (Å²) in [6.07, 6.45) is 1.63. The highest BCUT2D eigenvalue weighted by Gasteiger charge is 2.13. The van der Waals surface area contributed by atoms with Crippen LogP contribution in [0.5, 0.6) is 0 Å². The number of fused-ring (bicyclic) bond motifs is 2. The molecule has 3 aromatic heterocycles. The van der Waals surface area contributed by atoms with Gasteiger partial charge in [0.25, 0.3) is 0 Å². The number of hydrogen-bond donors (Lipinski definition) is 3. The van der Waals surface area contributed by atoms with Crippen molar-refractivity contribution in [3.63, 3.8) is 0 Å². The van der Waals surface area contributed by atoms with Crippen molar-refractivity contribution in [2.45, 2.75) is 0 Å². The van der Waals surface area contributed by atoms with Crippen molar-refractivity contribution in [1.29, 1.82) is 0 Å². The Balaban J connectivity index is 1.55. The first-order chi connectivity index (χ1) is 14.1. The van der Waals surface area contributed by atoms with Crippen LogP contribution in [0.1, 0.15) is 0 Å². The molecule has 2 aromatic carbocycles. The Kier molecular flexibility index (Phi) is 4.06. The number of thiophene rings is 1. The molecular formula is C21H19N7S. The van der Waals surface area contributed by atoms with Crippen LogP contribution >= 0.6 is 11.3 Å². The largest absolute Gasteiger partial charge is 0.378 e. The maximum Gasteiger partial charge on any atom is 0.221 e. The van der Waals surface area contributed by atoms with Crippen molar-refractivity contribution in [3.8, 4) is 10.6 Å². The van der Waals surface area contributed by atoms with Gasteiger partial charge in [-0.3, -0.25) is 5.10 Å². The number of benzene rings is 2. The number of H-pyrrole nitrogens is 1. The number of nitrogens with zero attached hydrogens (tertiary/aromatic N) is 4. The van der Waals surface area contributed by atoms with E-state index in [1.165, 1.54) is 15.8 Å². The van der Waals surface area contributed by atoms with E-state index in [0.29, 0.717) is 5.82 Å². The van der Waals surface area contributed by atoms with E-state index in [2.05, 4.69) is 74.8 Å². The number of nitrogens with one attached hydrogen (secondary N) is 2. The molecule has 0 saturated carbocycles. The molecule has 0 unspecified atom stereocenters. The summed E-state index contributed by atoms with van der Waals surface area (Å²) in [5.74, 6) is 0.891. The number of rotatable bonds is 4. The SMILES string of the molecule is CN(C)c1ccc2sc(-c3n[nH]c4ccc(Nc5ccnc(N)n5)cc34)cc2c1. The van der Waals surface area contributed by atoms with Crippen molar-refractivity contribution in [3.05, 3.63) is 54.7 Å². The van der Waals surface area contributed by atoms with Crippen LogP contribution in [-0.2, 0) is 0 Å². The van der Waals surface area contributed by atoms with Gasteiger partial charge in [0.2, 0.25) is 5.95 Å². The lowest BCUT2D eigenvalue weighted by molar-refractivity contribution is 1.13. The van der Waals surface area contributed by atoms with Gasteiger partial charge in [0.05, 0.1) is 10.4 Å². The number of aromatic amines is 1.